The minimum absolute atomic E-state index is 0.00507. The Morgan fingerprint density at radius 1 is 1.50 bits per heavy atom. The maximum Gasteiger partial charge on any atom is 0.215 e. The van der Waals surface area contributed by atoms with Gasteiger partial charge >= 0.3 is 0 Å². The van der Waals surface area contributed by atoms with Gasteiger partial charge in [0.1, 0.15) is 0 Å². The van der Waals surface area contributed by atoms with Gasteiger partial charge < -0.3 is 10.5 Å². The fourth-order valence-corrected chi connectivity index (χ4v) is 2.91. The van der Waals surface area contributed by atoms with E-state index in [1.165, 1.54) is 4.31 Å². The molecule has 0 saturated carbocycles. The Kier molecular flexibility index (Phi) is 6.26. The maximum absolute atomic E-state index is 11.7. The number of hydrogen-bond acceptors (Lipinski definition) is 4. The highest BCUT2D eigenvalue weighted by molar-refractivity contribution is 7.89. The van der Waals surface area contributed by atoms with E-state index < -0.39 is 10.0 Å². The smallest absolute Gasteiger partial charge is 0.215 e. The highest BCUT2D eigenvalue weighted by Gasteiger charge is 2.24. The molecule has 0 rings (SSSR count). The van der Waals surface area contributed by atoms with E-state index >= 15 is 0 Å². The zero-order valence-electron chi connectivity index (χ0n) is 9.06. The quantitative estimate of drug-likeness (QED) is 0.640. The van der Waals surface area contributed by atoms with Crippen molar-refractivity contribution < 1.29 is 13.2 Å². The van der Waals surface area contributed by atoms with Gasteiger partial charge in [-0.05, 0) is 6.92 Å². The molecule has 1 unspecified atom stereocenters. The average Bonchev–Trinajstić information content (AvgIpc) is 2.04. The van der Waals surface area contributed by atoms with E-state index in [4.69, 9.17) is 10.5 Å². The molecule has 86 valence electrons. The normalized spacial score (nSPS) is 14.6. The molecule has 2 N–H and O–H groups in total. The van der Waals surface area contributed by atoms with Crippen molar-refractivity contribution >= 4 is 10.0 Å². The van der Waals surface area contributed by atoms with Gasteiger partial charge in [-0.2, -0.15) is 4.31 Å². The number of hydrogen-bond donors (Lipinski definition) is 1. The van der Waals surface area contributed by atoms with Crippen molar-refractivity contribution in [3.8, 4) is 0 Å². The molecule has 0 radical (unpaired) electrons. The van der Waals surface area contributed by atoms with Crippen LogP contribution in [0.3, 0.4) is 0 Å². The van der Waals surface area contributed by atoms with Gasteiger partial charge in [0.05, 0.1) is 12.4 Å². The Bertz CT molecular complexity index is 241. The second-order valence-corrected chi connectivity index (χ2v) is 5.15. The van der Waals surface area contributed by atoms with E-state index in [0.717, 1.165) is 0 Å². The SMILES string of the molecule is CCN(C(C)COC)S(=O)(=O)CCN. The summed E-state index contributed by atoms with van der Waals surface area (Å²) in [6, 6.07) is -0.137. The monoisotopic (exact) mass is 224 g/mol. The fraction of sp³-hybridized carbons (Fsp3) is 1.00. The minimum atomic E-state index is -3.22. The first kappa shape index (κ1) is 13.8. The van der Waals surface area contributed by atoms with Crippen LogP contribution >= 0.6 is 0 Å². The van der Waals surface area contributed by atoms with Crippen LogP contribution in [0.25, 0.3) is 0 Å². The summed E-state index contributed by atoms with van der Waals surface area (Å²) in [4.78, 5) is 0. The summed E-state index contributed by atoms with van der Waals surface area (Å²) in [7, 11) is -1.66. The fourth-order valence-electron chi connectivity index (χ4n) is 1.37. The van der Waals surface area contributed by atoms with E-state index in [1.54, 1.807) is 14.0 Å². The van der Waals surface area contributed by atoms with Crippen molar-refractivity contribution in [1.82, 2.24) is 4.31 Å². The van der Waals surface area contributed by atoms with Gasteiger partial charge in [0.25, 0.3) is 0 Å². The summed E-state index contributed by atoms with van der Waals surface area (Å²) in [5, 5.41) is 0. The number of nitrogens with two attached hydrogens (primary N) is 1. The zero-order chi connectivity index (χ0) is 11.2. The molecule has 0 aliphatic carbocycles. The van der Waals surface area contributed by atoms with Gasteiger partial charge in [-0.1, -0.05) is 6.92 Å². The van der Waals surface area contributed by atoms with Crippen LogP contribution in [0.4, 0.5) is 0 Å². The lowest BCUT2D eigenvalue weighted by Gasteiger charge is -2.26. The van der Waals surface area contributed by atoms with Crippen molar-refractivity contribution in [2.24, 2.45) is 5.73 Å². The summed E-state index contributed by atoms with van der Waals surface area (Å²) in [6.45, 7) is 4.63. The van der Waals surface area contributed by atoms with Crippen LogP contribution in [0.2, 0.25) is 0 Å². The molecule has 0 aromatic heterocycles. The molecule has 1 atom stereocenters. The standard InChI is InChI=1S/C8H20N2O3S/c1-4-10(8(2)7-13-3)14(11,12)6-5-9/h8H,4-7,9H2,1-3H3. The molecule has 0 aliphatic heterocycles. The van der Waals surface area contributed by atoms with Crippen LogP contribution in [0.1, 0.15) is 13.8 Å². The summed E-state index contributed by atoms with van der Waals surface area (Å²) in [5.41, 5.74) is 5.24. The van der Waals surface area contributed by atoms with Crippen molar-refractivity contribution in [1.29, 1.82) is 0 Å². The first-order chi connectivity index (χ1) is 6.49. The Labute approximate surface area is 86.3 Å². The number of ether oxygens (including phenoxy) is 1. The van der Waals surface area contributed by atoms with E-state index in [1.807, 2.05) is 6.92 Å². The van der Waals surface area contributed by atoms with E-state index in [0.29, 0.717) is 13.2 Å². The molecule has 0 spiro atoms. The Balaban J connectivity index is 4.54. The van der Waals surface area contributed by atoms with E-state index in [2.05, 4.69) is 0 Å². The van der Waals surface area contributed by atoms with E-state index in [9.17, 15) is 8.42 Å². The van der Waals surface area contributed by atoms with Crippen LogP contribution in [0, 0.1) is 0 Å². The second kappa shape index (κ2) is 6.34. The lowest BCUT2D eigenvalue weighted by Crippen LogP contribution is -2.43. The predicted octanol–water partition coefficient (Wildman–Crippen LogP) is -0.368. The average molecular weight is 224 g/mol. The summed E-state index contributed by atoms with van der Waals surface area (Å²) < 4.78 is 29.7. The third kappa shape index (κ3) is 3.91. The third-order valence-electron chi connectivity index (χ3n) is 1.94. The molecule has 0 aromatic rings. The van der Waals surface area contributed by atoms with Crippen molar-refractivity contribution in [3.63, 3.8) is 0 Å². The van der Waals surface area contributed by atoms with Crippen molar-refractivity contribution in [2.75, 3.05) is 32.6 Å². The topological polar surface area (TPSA) is 72.6 Å². The highest BCUT2D eigenvalue weighted by atomic mass is 32.2. The van der Waals surface area contributed by atoms with Crippen LogP contribution in [-0.2, 0) is 14.8 Å². The first-order valence-electron chi connectivity index (χ1n) is 4.68. The van der Waals surface area contributed by atoms with Gasteiger partial charge in [0.15, 0.2) is 0 Å². The molecule has 6 heteroatoms. The first-order valence-corrected chi connectivity index (χ1v) is 6.29. The Hall–Kier alpha value is -0.170. The number of nitrogens with zero attached hydrogens (tertiary/aromatic N) is 1. The van der Waals surface area contributed by atoms with Gasteiger partial charge in [-0.15, -0.1) is 0 Å². The van der Waals surface area contributed by atoms with Gasteiger partial charge in [-0.3, -0.25) is 0 Å². The summed E-state index contributed by atoms with van der Waals surface area (Å²) in [6.07, 6.45) is 0. The van der Waals surface area contributed by atoms with Crippen molar-refractivity contribution in [3.05, 3.63) is 0 Å². The van der Waals surface area contributed by atoms with Gasteiger partial charge in [0.2, 0.25) is 10.0 Å². The van der Waals surface area contributed by atoms with Gasteiger partial charge in [-0.25, -0.2) is 8.42 Å². The van der Waals surface area contributed by atoms with Gasteiger partial charge in [0, 0.05) is 26.2 Å². The van der Waals surface area contributed by atoms with Crippen molar-refractivity contribution in [2.45, 2.75) is 19.9 Å². The molecule has 0 heterocycles. The van der Waals surface area contributed by atoms with E-state index in [-0.39, 0.29) is 18.3 Å². The summed E-state index contributed by atoms with van der Waals surface area (Å²) in [5.74, 6) is -0.00507. The molecule has 5 nitrogen and oxygen atoms in total. The number of rotatable bonds is 7. The van der Waals surface area contributed by atoms with Crippen LogP contribution < -0.4 is 5.73 Å². The molecule has 0 bridgehead atoms. The third-order valence-corrected chi connectivity index (χ3v) is 4.03. The Morgan fingerprint density at radius 3 is 2.43 bits per heavy atom. The molecular formula is C8H20N2O3S. The molecular weight excluding hydrogens is 204 g/mol. The molecule has 14 heavy (non-hydrogen) atoms. The molecule has 0 aromatic carbocycles. The zero-order valence-corrected chi connectivity index (χ0v) is 9.88. The molecule has 0 aliphatic rings. The number of methoxy groups -OCH3 is 1. The molecule has 0 amide bonds. The van der Waals surface area contributed by atoms with Crippen LogP contribution in [0.15, 0.2) is 0 Å². The summed E-state index contributed by atoms with van der Waals surface area (Å²) >= 11 is 0. The predicted molar refractivity (Wildman–Crippen MR) is 56.6 cm³/mol. The lowest BCUT2D eigenvalue weighted by atomic mass is 10.4. The molecule has 0 fully saturated rings. The maximum atomic E-state index is 11.7. The minimum Gasteiger partial charge on any atom is -0.383 e. The largest absolute Gasteiger partial charge is 0.383 e. The van der Waals surface area contributed by atoms with Crippen LogP contribution in [-0.4, -0.2) is 51.3 Å². The highest BCUT2D eigenvalue weighted by Crippen LogP contribution is 2.07. The Morgan fingerprint density at radius 2 is 2.07 bits per heavy atom. The second-order valence-electron chi connectivity index (χ2n) is 3.11. The number of likely N-dealkylation sites (N-methyl/N-ethyl adjacent to an activating group) is 1. The molecule has 0 saturated heterocycles. The lowest BCUT2D eigenvalue weighted by molar-refractivity contribution is 0.143. The number of sulfonamides is 1. The van der Waals surface area contributed by atoms with Crippen LogP contribution in [0.5, 0.6) is 0 Å².